The summed E-state index contributed by atoms with van der Waals surface area (Å²) in [6, 6.07) is 10.3. The first-order valence-corrected chi connectivity index (χ1v) is 7.87. The normalized spacial score (nSPS) is 16.3. The molecule has 3 rings (SSSR count). The summed E-state index contributed by atoms with van der Waals surface area (Å²) >= 11 is 1.78. The largest absolute Gasteiger partial charge is 0.370 e. The van der Waals surface area contributed by atoms with Gasteiger partial charge in [-0.3, -0.25) is 0 Å². The Hall–Kier alpha value is -1.23. The molecule has 1 aromatic carbocycles. The van der Waals surface area contributed by atoms with E-state index < -0.39 is 0 Å². The number of nitrogens with zero attached hydrogens (tertiary/aromatic N) is 1. The molecule has 106 valence electrons. The highest BCUT2D eigenvalue weighted by atomic mass is 32.1. The van der Waals surface area contributed by atoms with Crippen LogP contribution in [0.25, 0.3) is 0 Å². The van der Waals surface area contributed by atoms with Crippen molar-refractivity contribution >= 4 is 11.3 Å². The van der Waals surface area contributed by atoms with Gasteiger partial charge in [-0.1, -0.05) is 30.3 Å². The van der Waals surface area contributed by atoms with Crippen LogP contribution in [0.15, 0.2) is 30.3 Å². The molecular formula is C16H20N2OS. The molecule has 1 unspecified atom stereocenters. The van der Waals surface area contributed by atoms with Gasteiger partial charge in [0.25, 0.3) is 0 Å². The van der Waals surface area contributed by atoms with Gasteiger partial charge in [-0.25, -0.2) is 4.98 Å². The Morgan fingerprint density at radius 2 is 2.10 bits per heavy atom. The van der Waals surface area contributed by atoms with Crippen molar-refractivity contribution in [2.24, 2.45) is 0 Å². The van der Waals surface area contributed by atoms with Crippen LogP contribution in [0.3, 0.4) is 0 Å². The summed E-state index contributed by atoms with van der Waals surface area (Å²) in [5.74, 6) is 0.677. The predicted octanol–water partition coefficient (Wildman–Crippen LogP) is 3.48. The molecule has 1 saturated carbocycles. The van der Waals surface area contributed by atoms with Crippen molar-refractivity contribution in [3.63, 3.8) is 0 Å². The zero-order valence-electron chi connectivity index (χ0n) is 11.9. The minimum Gasteiger partial charge on any atom is -0.370 e. The van der Waals surface area contributed by atoms with Crippen LogP contribution in [0, 0.1) is 0 Å². The van der Waals surface area contributed by atoms with E-state index in [9.17, 15) is 0 Å². The molecule has 0 amide bonds. The molecule has 0 aliphatic heterocycles. The lowest BCUT2D eigenvalue weighted by Crippen LogP contribution is -2.05. The molecule has 0 spiro atoms. The van der Waals surface area contributed by atoms with E-state index in [1.165, 1.54) is 29.0 Å². The van der Waals surface area contributed by atoms with Gasteiger partial charge in [0.1, 0.15) is 11.1 Å². The Labute approximate surface area is 124 Å². The summed E-state index contributed by atoms with van der Waals surface area (Å²) in [7, 11) is 3.74. The maximum Gasteiger partial charge on any atom is 0.134 e. The van der Waals surface area contributed by atoms with Gasteiger partial charge >= 0.3 is 0 Å². The summed E-state index contributed by atoms with van der Waals surface area (Å²) in [4.78, 5) is 6.26. The molecule has 20 heavy (non-hydrogen) atoms. The van der Waals surface area contributed by atoms with Gasteiger partial charge in [0.2, 0.25) is 0 Å². The zero-order valence-corrected chi connectivity index (χ0v) is 12.7. The second-order valence-electron chi connectivity index (χ2n) is 5.19. The Bertz CT molecular complexity index is 563. The highest BCUT2D eigenvalue weighted by molar-refractivity contribution is 7.11. The number of aromatic nitrogens is 1. The number of ether oxygens (including phenoxy) is 1. The zero-order chi connectivity index (χ0) is 13.9. The van der Waals surface area contributed by atoms with E-state index in [2.05, 4.69) is 17.4 Å². The van der Waals surface area contributed by atoms with E-state index >= 15 is 0 Å². The van der Waals surface area contributed by atoms with Crippen molar-refractivity contribution in [3.8, 4) is 0 Å². The molecule has 1 N–H and O–H groups in total. The van der Waals surface area contributed by atoms with E-state index in [1.807, 2.05) is 25.2 Å². The summed E-state index contributed by atoms with van der Waals surface area (Å²) in [5, 5.41) is 4.32. The molecular weight excluding hydrogens is 268 g/mol. The molecule has 0 saturated heterocycles. The van der Waals surface area contributed by atoms with Crippen LogP contribution in [0.5, 0.6) is 0 Å². The van der Waals surface area contributed by atoms with Crippen LogP contribution in [-0.2, 0) is 11.3 Å². The molecule has 1 aliphatic carbocycles. The topological polar surface area (TPSA) is 34.1 Å². The van der Waals surface area contributed by atoms with Crippen LogP contribution in [0.4, 0.5) is 0 Å². The van der Waals surface area contributed by atoms with Crippen molar-refractivity contribution in [3.05, 3.63) is 51.5 Å². The lowest BCUT2D eigenvalue weighted by Gasteiger charge is -2.12. The third-order valence-corrected chi connectivity index (χ3v) is 4.72. The number of methoxy groups -OCH3 is 1. The van der Waals surface area contributed by atoms with Crippen molar-refractivity contribution in [1.82, 2.24) is 10.3 Å². The summed E-state index contributed by atoms with van der Waals surface area (Å²) in [6.45, 7) is 0.898. The van der Waals surface area contributed by atoms with Crippen molar-refractivity contribution in [1.29, 1.82) is 0 Å². The second kappa shape index (κ2) is 6.04. The van der Waals surface area contributed by atoms with E-state index in [-0.39, 0.29) is 6.10 Å². The lowest BCUT2D eigenvalue weighted by molar-refractivity contribution is 0.136. The molecule has 3 nitrogen and oxygen atoms in total. The molecule has 1 heterocycles. The fourth-order valence-electron chi connectivity index (χ4n) is 2.46. The maximum atomic E-state index is 5.70. The molecule has 0 bridgehead atoms. The number of rotatable bonds is 6. The number of thiazole rings is 1. The van der Waals surface area contributed by atoms with Crippen molar-refractivity contribution < 1.29 is 4.74 Å². The first-order chi connectivity index (χ1) is 9.83. The molecule has 1 atom stereocenters. The lowest BCUT2D eigenvalue weighted by atomic mass is 10.1. The quantitative estimate of drug-likeness (QED) is 0.883. The van der Waals surface area contributed by atoms with E-state index in [1.54, 1.807) is 18.4 Å². The van der Waals surface area contributed by atoms with Crippen LogP contribution in [0.2, 0.25) is 0 Å². The minimum absolute atomic E-state index is 0.0516. The Balaban J connectivity index is 1.93. The van der Waals surface area contributed by atoms with Crippen LogP contribution in [0.1, 0.15) is 46.0 Å². The molecule has 1 aromatic heterocycles. The summed E-state index contributed by atoms with van der Waals surface area (Å²) in [5.41, 5.74) is 2.46. The maximum absolute atomic E-state index is 5.70. The van der Waals surface area contributed by atoms with Gasteiger partial charge in [-0.15, -0.1) is 11.3 Å². The molecule has 0 radical (unpaired) electrons. The first kappa shape index (κ1) is 13.7. The summed E-state index contributed by atoms with van der Waals surface area (Å²) < 4.78 is 5.70. The fourth-order valence-corrected chi connectivity index (χ4v) is 3.73. The average molecular weight is 288 g/mol. The van der Waals surface area contributed by atoms with Gasteiger partial charge in [0, 0.05) is 24.4 Å². The van der Waals surface area contributed by atoms with Crippen LogP contribution in [-0.4, -0.2) is 19.1 Å². The Morgan fingerprint density at radius 1 is 1.35 bits per heavy atom. The van der Waals surface area contributed by atoms with Crippen LogP contribution >= 0.6 is 11.3 Å². The number of hydrogen-bond acceptors (Lipinski definition) is 4. The highest BCUT2D eigenvalue weighted by Gasteiger charge is 2.31. The van der Waals surface area contributed by atoms with Gasteiger partial charge in [0.15, 0.2) is 0 Å². The molecule has 1 aliphatic rings. The predicted molar refractivity (Wildman–Crippen MR) is 82.1 cm³/mol. The Morgan fingerprint density at radius 3 is 2.70 bits per heavy atom. The molecule has 1 fully saturated rings. The Kier molecular flexibility index (Phi) is 4.15. The minimum atomic E-state index is -0.0516. The fraction of sp³-hybridized carbons (Fsp3) is 0.438. The van der Waals surface area contributed by atoms with E-state index in [0.29, 0.717) is 5.92 Å². The van der Waals surface area contributed by atoms with Gasteiger partial charge < -0.3 is 10.1 Å². The van der Waals surface area contributed by atoms with E-state index in [0.717, 1.165) is 11.6 Å². The van der Waals surface area contributed by atoms with Gasteiger partial charge in [-0.05, 0) is 25.5 Å². The van der Waals surface area contributed by atoms with Crippen molar-refractivity contribution in [2.45, 2.75) is 31.4 Å². The SMILES string of the molecule is CNCc1sc(C(OC)c2ccccc2)nc1C1CC1. The van der Waals surface area contributed by atoms with E-state index in [4.69, 9.17) is 9.72 Å². The second-order valence-corrected chi connectivity index (χ2v) is 6.31. The molecule has 2 aromatic rings. The number of hydrogen-bond donors (Lipinski definition) is 1. The highest BCUT2D eigenvalue weighted by Crippen LogP contribution is 2.44. The third-order valence-electron chi connectivity index (χ3n) is 3.61. The first-order valence-electron chi connectivity index (χ1n) is 7.05. The van der Waals surface area contributed by atoms with Crippen molar-refractivity contribution in [2.75, 3.05) is 14.2 Å². The standard InChI is InChI=1S/C16H20N2OS/c1-17-10-13-14(11-8-9-11)18-16(20-13)15(19-2)12-6-4-3-5-7-12/h3-7,11,15,17H,8-10H2,1-2H3. The monoisotopic (exact) mass is 288 g/mol. The van der Waals surface area contributed by atoms with Crippen LogP contribution < -0.4 is 5.32 Å². The van der Waals surface area contributed by atoms with Gasteiger partial charge in [0.05, 0.1) is 5.69 Å². The number of benzene rings is 1. The molecule has 4 heteroatoms. The number of nitrogens with one attached hydrogen (secondary N) is 1. The summed E-state index contributed by atoms with van der Waals surface area (Å²) in [6.07, 6.45) is 2.51. The van der Waals surface area contributed by atoms with Gasteiger partial charge in [-0.2, -0.15) is 0 Å². The average Bonchev–Trinajstić information content (AvgIpc) is 3.24. The third kappa shape index (κ3) is 2.77. The smallest absolute Gasteiger partial charge is 0.134 e.